The van der Waals surface area contributed by atoms with E-state index in [0.717, 1.165) is 30.0 Å². The molecule has 124 valence electrons. The third-order valence-electron chi connectivity index (χ3n) is 3.97. The van der Waals surface area contributed by atoms with Crippen molar-refractivity contribution in [3.63, 3.8) is 0 Å². The van der Waals surface area contributed by atoms with Gasteiger partial charge in [-0.2, -0.15) is 0 Å². The van der Waals surface area contributed by atoms with Crippen molar-refractivity contribution in [1.82, 2.24) is 15.0 Å². The lowest BCUT2D eigenvalue weighted by Crippen LogP contribution is -2.24. The maximum atomic E-state index is 11.8. The molecule has 0 bridgehead atoms. The molecule has 0 saturated carbocycles. The van der Waals surface area contributed by atoms with Gasteiger partial charge in [0.05, 0.1) is 0 Å². The van der Waals surface area contributed by atoms with Crippen LogP contribution in [0.25, 0.3) is 11.4 Å². The maximum Gasteiger partial charge on any atom is 0.254 e. The normalized spacial score (nSPS) is 11.5. The van der Waals surface area contributed by atoms with E-state index in [1.54, 1.807) is 13.1 Å². The Labute approximate surface area is 136 Å². The fourth-order valence-corrected chi connectivity index (χ4v) is 2.14. The summed E-state index contributed by atoms with van der Waals surface area (Å²) in [5, 5.41) is 12.3. The summed E-state index contributed by atoms with van der Waals surface area (Å²) in [6, 6.07) is 3.74. The fourth-order valence-electron chi connectivity index (χ4n) is 2.14. The Morgan fingerprint density at radius 3 is 2.61 bits per heavy atom. The van der Waals surface area contributed by atoms with E-state index in [4.69, 9.17) is 5.11 Å². The highest BCUT2D eigenvalue weighted by Crippen LogP contribution is 2.21. The predicted octanol–water partition coefficient (Wildman–Crippen LogP) is 2.27. The Morgan fingerprint density at radius 2 is 2.04 bits per heavy atom. The van der Waals surface area contributed by atoms with E-state index in [9.17, 15) is 4.79 Å². The molecule has 2 aromatic rings. The van der Waals surface area contributed by atoms with Gasteiger partial charge in [0.1, 0.15) is 11.6 Å². The van der Waals surface area contributed by atoms with Crippen molar-refractivity contribution >= 4 is 5.82 Å². The van der Waals surface area contributed by atoms with Crippen LogP contribution >= 0.6 is 0 Å². The zero-order valence-corrected chi connectivity index (χ0v) is 14.1. The smallest absolute Gasteiger partial charge is 0.254 e. The van der Waals surface area contributed by atoms with Crippen molar-refractivity contribution in [3.05, 3.63) is 39.9 Å². The van der Waals surface area contributed by atoms with Gasteiger partial charge >= 0.3 is 0 Å². The molecule has 0 fully saturated rings. The molecule has 0 saturated heterocycles. The number of hydrogen-bond acceptors (Lipinski definition) is 5. The zero-order valence-electron chi connectivity index (χ0n) is 14.1. The van der Waals surface area contributed by atoms with E-state index in [-0.39, 0.29) is 17.6 Å². The molecule has 2 rings (SSSR count). The number of nitrogens with zero attached hydrogens (tertiary/aromatic N) is 2. The second kappa shape index (κ2) is 6.91. The Hall–Kier alpha value is -2.21. The summed E-state index contributed by atoms with van der Waals surface area (Å²) in [5.74, 6) is 1.28. The van der Waals surface area contributed by atoms with Gasteiger partial charge in [0.15, 0.2) is 0 Å². The first-order valence-corrected chi connectivity index (χ1v) is 7.71. The number of aromatic amines is 1. The SMILES string of the molecule is Cc1nc(-c2ccc(NCC(C)(C)CCO)nc2)[nH]c(=O)c1C. The number of H-pyrrole nitrogens is 1. The number of aromatic nitrogens is 3. The number of nitrogens with one attached hydrogen (secondary N) is 2. The molecular weight excluding hydrogens is 292 g/mol. The Morgan fingerprint density at radius 1 is 1.30 bits per heavy atom. The van der Waals surface area contributed by atoms with Crippen molar-refractivity contribution < 1.29 is 5.11 Å². The van der Waals surface area contributed by atoms with Gasteiger partial charge in [0, 0.05) is 36.2 Å². The number of aliphatic hydroxyl groups excluding tert-OH is 1. The van der Waals surface area contributed by atoms with Crippen LogP contribution in [0.1, 0.15) is 31.5 Å². The molecule has 6 heteroatoms. The van der Waals surface area contributed by atoms with E-state index in [2.05, 4.69) is 34.1 Å². The lowest BCUT2D eigenvalue weighted by molar-refractivity contribution is 0.220. The van der Waals surface area contributed by atoms with Gasteiger partial charge < -0.3 is 15.4 Å². The summed E-state index contributed by atoms with van der Waals surface area (Å²) in [5.41, 5.74) is 1.99. The van der Waals surface area contributed by atoms with Crippen LogP contribution in [-0.4, -0.2) is 33.2 Å². The van der Waals surface area contributed by atoms with Gasteiger partial charge in [-0.3, -0.25) is 4.79 Å². The highest BCUT2D eigenvalue weighted by atomic mass is 16.3. The van der Waals surface area contributed by atoms with Crippen LogP contribution in [0.2, 0.25) is 0 Å². The third kappa shape index (κ3) is 4.39. The summed E-state index contributed by atoms with van der Waals surface area (Å²) in [6.07, 6.45) is 2.42. The molecule has 3 N–H and O–H groups in total. The van der Waals surface area contributed by atoms with Crippen LogP contribution in [0, 0.1) is 19.3 Å². The topological polar surface area (TPSA) is 90.9 Å². The Kier molecular flexibility index (Phi) is 5.15. The summed E-state index contributed by atoms with van der Waals surface area (Å²) >= 11 is 0. The molecule has 0 aliphatic rings. The minimum atomic E-state index is -0.125. The first-order chi connectivity index (χ1) is 10.8. The predicted molar refractivity (Wildman–Crippen MR) is 91.5 cm³/mol. The number of hydrogen-bond donors (Lipinski definition) is 3. The molecule has 0 spiro atoms. The minimum Gasteiger partial charge on any atom is -0.396 e. The molecule has 0 aliphatic heterocycles. The van der Waals surface area contributed by atoms with Gasteiger partial charge in [-0.25, -0.2) is 9.97 Å². The van der Waals surface area contributed by atoms with Crippen LogP contribution in [0.3, 0.4) is 0 Å². The van der Waals surface area contributed by atoms with Crippen LogP contribution < -0.4 is 10.9 Å². The number of pyridine rings is 1. The molecule has 0 radical (unpaired) electrons. The summed E-state index contributed by atoms with van der Waals surface area (Å²) in [7, 11) is 0. The summed E-state index contributed by atoms with van der Waals surface area (Å²) in [4.78, 5) is 23.4. The van der Waals surface area contributed by atoms with E-state index < -0.39 is 0 Å². The second-order valence-corrected chi connectivity index (χ2v) is 6.55. The molecule has 23 heavy (non-hydrogen) atoms. The van der Waals surface area contributed by atoms with Crippen molar-refractivity contribution in [1.29, 1.82) is 0 Å². The largest absolute Gasteiger partial charge is 0.396 e. The van der Waals surface area contributed by atoms with Gasteiger partial charge in [-0.05, 0) is 37.8 Å². The van der Waals surface area contributed by atoms with Gasteiger partial charge in [0.2, 0.25) is 0 Å². The molecule has 0 amide bonds. The second-order valence-electron chi connectivity index (χ2n) is 6.55. The van der Waals surface area contributed by atoms with Crippen molar-refractivity contribution in [3.8, 4) is 11.4 Å². The minimum absolute atomic E-state index is 0.00401. The first-order valence-electron chi connectivity index (χ1n) is 7.71. The van der Waals surface area contributed by atoms with Crippen molar-refractivity contribution in [2.24, 2.45) is 5.41 Å². The summed E-state index contributed by atoms with van der Waals surface area (Å²) < 4.78 is 0. The zero-order chi connectivity index (χ0) is 17.0. The lowest BCUT2D eigenvalue weighted by atomic mass is 9.90. The number of anilines is 1. The number of aryl methyl sites for hydroxylation is 1. The van der Waals surface area contributed by atoms with Crippen molar-refractivity contribution in [2.75, 3.05) is 18.5 Å². The van der Waals surface area contributed by atoms with Crippen LogP contribution in [0.5, 0.6) is 0 Å². The number of rotatable bonds is 6. The molecular formula is C17H24N4O2. The maximum absolute atomic E-state index is 11.8. The fraction of sp³-hybridized carbons (Fsp3) is 0.471. The van der Waals surface area contributed by atoms with Crippen LogP contribution in [0.15, 0.2) is 23.1 Å². The van der Waals surface area contributed by atoms with Crippen molar-refractivity contribution in [2.45, 2.75) is 34.1 Å². The third-order valence-corrected chi connectivity index (χ3v) is 3.97. The number of aliphatic hydroxyl groups is 1. The first kappa shape index (κ1) is 17.1. The van der Waals surface area contributed by atoms with E-state index in [1.807, 2.05) is 19.1 Å². The molecule has 0 aromatic carbocycles. The van der Waals surface area contributed by atoms with Crippen LogP contribution in [0.4, 0.5) is 5.82 Å². The average molecular weight is 316 g/mol. The molecule has 2 heterocycles. The quantitative estimate of drug-likeness (QED) is 0.760. The summed E-state index contributed by atoms with van der Waals surface area (Å²) in [6.45, 7) is 8.65. The highest BCUT2D eigenvalue weighted by Gasteiger charge is 2.16. The molecule has 0 atom stereocenters. The lowest BCUT2D eigenvalue weighted by Gasteiger charge is -2.24. The molecule has 6 nitrogen and oxygen atoms in total. The molecule has 0 unspecified atom stereocenters. The Balaban J connectivity index is 2.12. The van der Waals surface area contributed by atoms with Gasteiger partial charge in [-0.15, -0.1) is 0 Å². The van der Waals surface area contributed by atoms with E-state index >= 15 is 0 Å². The molecule has 0 aliphatic carbocycles. The van der Waals surface area contributed by atoms with Crippen LogP contribution in [-0.2, 0) is 0 Å². The van der Waals surface area contributed by atoms with Gasteiger partial charge in [0.25, 0.3) is 5.56 Å². The Bertz CT molecular complexity index is 720. The van der Waals surface area contributed by atoms with E-state index in [1.165, 1.54) is 0 Å². The average Bonchev–Trinajstić information content (AvgIpc) is 2.51. The standard InChI is InChI=1S/C17H24N4O2/c1-11-12(2)20-15(21-16(11)23)13-5-6-14(18-9-13)19-10-17(3,4)7-8-22/h5-6,9,22H,7-8,10H2,1-4H3,(H,18,19)(H,20,21,23). The monoisotopic (exact) mass is 316 g/mol. The highest BCUT2D eigenvalue weighted by molar-refractivity contribution is 5.56. The molecule has 2 aromatic heterocycles. The van der Waals surface area contributed by atoms with E-state index in [0.29, 0.717) is 11.4 Å². The van der Waals surface area contributed by atoms with Gasteiger partial charge in [-0.1, -0.05) is 13.8 Å².